The van der Waals surface area contributed by atoms with Crippen LogP contribution in [0.4, 0.5) is 0 Å². The average Bonchev–Trinajstić information content (AvgIpc) is 2.74. The molecular weight excluding hydrogens is 372 g/mol. The normalized spacial score (nSPS) is 18.2. The van der Waals surface area contributed by atoms with Crippen molar-refractivity contribution in [3.05, 3.63) is 71.8 Å². The molecular formula is C22H30N2O3S. The summed E-state index contributed by atoms with van der Waals surface area (Å²) in [5.41, 5.74) is 2.27. The van der Waals surface area contributed by atoms with Crippen LogP contribution in [0, 0.1) is 0 Å². The monoisotopic (exact) mass is 402 g/mol. The van der Waals surface area contributed by atoms with Crippen molar-refractivity contribution in [3.8, 4) is 0 Å². The molecule has 0 saturated carbocycles. The number of aryl methyl sites for hydroxylation is 1. The molecule has 28 heavy (non-hydrogen) atoms. The van der Waals surface area contributed by atoms with Gasteiger partial charge in [0.2, 0.25) is 10.0 Å². The number of benzene rings is 2. The molecule has 152 valence electrons. The lowest BCUT2D eigenvalue weighted by Gasteiger charge is -2.33. The number of morpholine rings is 1. The summed E-state index contributed by atoms with van der Waals surface area (Å²) in [6, 6.07) is 20.0. The zero-order valence-corrected chi connectivity index (χ0v) is 17.1. The van der Waals surface area contributed by atoms with E-state index in [2.05, 4.69) is 21.8 Å². The number of hydrogen-bond acceptors (Lipinski definition) is 4. The number of ether oxygens (including phenoxy) is 1. The van der Waals surface area contributed by atoms with Gasteiger partial charge in [0, 0.05) is 19.6 Å². The first kappa shape index (κ1) is 21.0. The molecule has 0 bridgehead atoms. The molecule has 0 radical (unpaired) electrons. The summed E-state index contributed by atoms with van der Waals surface area (Å²) >= 11 is 0. The molecule has 0 amide bonds. The first-order valence-corrected chi connectivity index (χ1v) is 11.7. The molecule has 1 N–H and O–H groups in total. The molecule has 5 nitrogen and oxygen atoms in total. The summed E-state index contributed by atoms with van der Waals surface area (Å²) in [7, 11) is -3.21. The van der Waals surface area contributed by atoms with E-state index in [-0.39, 0.29) is 11.9 Å². The molecule has 1 saturated heterocycles. The predicted molar refractivity (Wildman–Crippen MR) is 113 cm³/mol. The lowest BCUT2D eigenvalue weighted by atomic mass is 10.1. The van der Waals surface area contributed by atoms with Crippen LogP contribution < -0.4 is 4.72 Å². The van der Waals surface area contributed by atoms with Gasteiger partial charge in [0.25, 0.3) is 0 Å². The Hall–Kier alpha value is -1.73. The Balaban J connectivity index is 1.32. The Morgan fingerprint density at radius 1 is 1.00 bits per heavy atom. The van der Waals surface area contributed by atoms with Crippen LogP contribution in [0.25, 0.3) is 0 Å². The molecule has 3 rings (SSSR count). The lowest BCUT2D eigenvalue weighted by Crippen LogP contribution is -2.39. The Labute approximate surface area is 168 Å². The molecule has 0 aliphatic carbocycles. The quantitative estimate of drug-likeness (QED) is 0.621. The van der Waals surface area contributed by atoms with E-state index in [0.717, 1.165) is 44.6 Å². The summed E-state index contributed by atoms with van der Waals surface area (Å²) < 4.78 is 32.9. The van der Waals surface area contributed by atoms with Crippen LogP contribution in [0.3, 0.4) is 0 Å². The lowest BCUT2D eigenvalue weighted by molar-refractivity contribution is -0.0303. The maximum Gasteiger partial charge on any atom is 0.211 e. The Morgan fingerprint density at radius 2 is 1.71 bits per heavy atom. The Bertz CT molecular complexity index is 797. The Kier molecular flexibility index (Phi) is 8.03. The topological polar surface area (TPSA) is 58.6 Å². The smallest absolute Gasteiger partial charge is 0.211 e. The summed E-state index contributed by atoms with van der Waals surface area (Å²) in [5.74, 6) is 0.138. The van der Waals surface area contributed by atoms with Gasteiger partial charge in [0.05, 0.1) is 18.5 Å². The van der Waals surface area contributed by atoms with Gasteiger partial charge in [0.1, 0.15) is 0 Å². The van der Waals surface area contributed by atoms with E-state index in [1.165, 1.54) is 5.56 Å². The standard InChI is InChI=1S/C22H30N2O3S/c25-28(26,18-13-20-9-3-1-4-10-20)23-14-7-8-15-24-16-17-27-22(19-24)21-11-5-2-6-12-21/h1-6,9-12,22-23H,7-8,13-19H2. The average molecular weight is 403 g/mol. The molecule has 2 aromatic rings. The molecule has 1 fully saturated rings. The molecule has 0 aromatic heterocycles. The van der Waals surface area contributed by atoms with Crippen molar-refractivity contribution < 1.29 is 13.2 Å². The minimum absolute atomic E-state index is 0.131. The van der Waals surface area contributed by atoms with Gasteiger partial charge in [0.15, 0.2) is 0 Å². The SMILES string of the molecule is O=S(=O)(CCc1ccccc1)NCCCCN1CCOC(c2ccccc2)C1. The molecule has 1 unspecified atom stereocenters. The van der Waals surface area contributed by atoms with Crippen molar-refractivity contribution in [3.63, 3.8) is 0 Å². The minimum atomic E-state index is -3.21. The van der Waals surface area contributed by atoms with Crippen molar-refractivity contribution in [1.29, 1.82) is 0 Å². The second-order valence-electron chi connectivity index (χ2n) is 7.23. The zero-order chi connectivity index (χ0) is 19.7. The maximum atomic E-state index is 12.1. The van der Waals surface area contributed by atoms with Crippen LogP contribution in [-0.2, 0) is 21.2 Å². The summed E-state index contributed by atoms with van der Waals surface area (Å²) in [6.07, 6.45) is 2.50. The minimum Gasteiger partial charge on any atom is -0.371 e. The van der Waals surface area contributed by atoms with Crippen molar-refractivity contribution >= 4 is 10.0 Å². The maximum absolute atomic E-state index is 12.1. The second-order valence-corrected chi connectivity index (χ2v) is 9.15. The van der Waals surface area contributed by atoms with Gasteiger partial charge in [-0.05, 0) is 36.9 Å². The summed E-state index contributed by atoms with van der Waals surface area (Å²) in [6.45, 7) is 4.05. The van der Waals surface area contributed by atoms with Crippen molar-refractivity contribution in [1.82, 2.24) is 9.62 Å². The van der Waals surface area contributed by atoms with Crippen LogP contribution in [0.15, 0.2) is 60.7 Å². The zero-order valence-electron chi connectivity index (χ0n) is 16.3. The fraction of sp³-hybridized carbons (Fsp3) is 0.455. The number of nitrogens with zero attached hydrogens (tertiary/aromatic N) is 1. The van der Waals surface area contributed by atoms with Crippen LogP contribution in [0.2, 0.25) is 0 Å². The molecule has 1 aliphatic rings. The third kappa shape index (κ3) is 7.02. The second kappa shape index (κ2) is 10.7. The fourth-order valence-electron chi connectivity index (χ4n) is 3.43. The fourth-order valence-corrected chi connectivity index (χ4v) is 4.54. The van der Waals surface area contributed by atoms with Crippen LogP contribution in [-0.4, -0.2) is 51.9 Å². The van der Waals surface area contributed by atoms with E-state index in [0.29, 0.717) is 13.0 Å². The van der Waals surface area contributed by atoms with E-state index < -0.39 is 10.0 Å². The van der Waals surface area contributed by atoms with Gasteiger partial charge in [-0.1, -0.05) is 60.7 Å². The van der Waals surface area contributed by atoms with Gasteiger partial charge in [-0.3, -0.25) is 4.90 Å². The number of rotatable bonds is 10. The number of hydrogen-bond donors (Lipinski definition) is 1. The third-order valence-electron chi connectivity index (χ3n) is 5.05. The summed E-state index contributed by atoms with van der Waals surface area (Å²) in [4.78, 5) is 2.41. The van der Waals surface area contributed by atoms with Crippen LogP contribution >= 0.6 is 0 Å². The number of sulfonamides is 1. The van der Waals surface area contributed by atoms with Crippen LogP contribution in [0.5, 0.6) is 0 Å². The molecule has 0 spiro atoms. The largest absolute Gasteiger partial charge is 0.371 e. The molecule has 1 heterocycles. The highest BCUT2D eigenvalue weighted by Crippen LogP contribution is 2.21. The Morgan fingerprint density at radius 3 is 2.46 bits per heavy atom. The van der Waals surface area contributed by atoms with E-state index in [4.69, 9.17) is 4.74 Å². The van der Waals surface area contributed by atoms with Gasteiger partial charge < -0.3 is 4.74 Å². The molecule has 1 aliphatic heterocycles. The number of nitrogens with one attached hydrogen (secondary N) is 1. The van der Waals surface area contributed by atoms with Gasteiger partial charge >= 0.3 is 0 Å². The summed E-state index contributed by atoms with van der Waals surface area (Å²) in [5, 5.41) is 0. The van der Waals surface area contributed by atoms with Crippen LogP contribution in [0.1, 0.15) is 30.1 Å². The van der Waals surface area contributed by atoms with Gasteiger partial charge in [-0.25, -0.2) is 13.1 Å². The predicted octanol–water partition coefficient (Wildman–Crippen LogP) is 3.00. The van der Waals surface area contributed by atoms with Crippen molar-refractivity contribution in [2.45, 2.75) is 25.4 Å². The van der Waals surface area contributed by atoms with E-state index >= 15 is 0 Å². The highest BCUT2D eigenvalue weighted by Gasteiger charge is 2.21. The third-order valence-corrected chi connectivity index (χ3v) is 6.43. The molecule has 6 heteroatoms. The highest BCUT2D eigenvalue weighted by molar-refractivity contribution is 7.89. The first-order valence-electron chi connectivity index (χ1n) is 10.0. The van der Waals surface area contributed by atoms with Gasteiger partial charge in [-0.2, -0.15) is 0 Å². The number of unbranched alkanes of at least 4 members (excludes halogenated alkanes) is 1. The first-order chi connectivity index (χ1) is 13.6. The van der Waals surface area contributed by atoms with E-state index in [9.17, 15) is 8.42 Å². The van der Waals surface area contributed by atoms with E-state index in [1.54, 1.807) is 0 Å². The highest BCUT2D eigenvalue weighted by atomic mass is 32.2. The molecule has 2 aromatic carbocycles. The molecule has 1 atom stereocenters. The van der Waals surface area contributed by atoms with E-state index in [1.807, 2.05) is 48.5 Å². The van der Waals surface area contributed by atoms with Crippen molar-refractivity contribution in [2.24, 2.45) is 0 Å². The van der Waals surface area contributed by atoms with Gasteiger partial charge in [-0.15, -0.1) is 0 Å². The van der Waals surface area contributed by atoms with Crippen molar-refractivity contribution in [2.75, 3.05) is 38.5 Å².